The Kier molecular flexibility index (Phi) is 11.8. The number of carbonyl (C=O) groups excluding carboxylic acids is 2. The van der Waals surface area contributed by atoms with Crippen molar-refractivity contribution >= 4 is 50.7 Å². The van der Waals surface area contributed by atoms with Gasteiger partial charge in [-0.2, -0.15) is 0 Å². The molecule has 46 heavy (non-hydrogen) atoms. The average Bonchev–Trinajstić information content (AvgIpc) is 3.03. The van der Waals surface area contributed by atoms with Crippen molar-refractivity contribution < 1.29 is 22.4 Å². The molecule has 0 aliphatic carbocycles. The fourth-order valence-electron chi connectivity index (χ4n) is 4.82. The average molecular weight is 685 g/mol. The van der Waals surface area contributed by atoms with Crippen LogP contribution < -0.4 is 9.62 Å². The highest BCUT2D eigenvalue weighted by molar-refractivity contribution is 7.92. The monoisotopic (exact) mass is 683 g/mol. The molecule has 1 atom stereocenters. The second kappa shape index (κ2) is 15.6. The number of anilines is 1. The van der Waals surface area contributed by atoms with Gasteiger partial charge in [-0.15, -0.1) is 0 Å². The predicted octanol–water partition coefficient (Wildman–Crippen LogP) is 7.05. The molecule has 242 valence electrons. The summed E-state index contributed by atoms with van der Waals surface area (Å²) < 4.78 is 44.3. The summed E-state index contributed by atoms with van der Waals surface area (Å²) in [6.07, 6.45) is 0.105. The van der Waals surface area contributed by atoms with Crippen molar-refractivity contribution in [3.63, 3.8) is 0 Å². The first-order chi connectivity index (χ1) is 21.9. The molecule has 4 aromatic rings. The first-order valence-electron chi connectivity index (χ1n) is 14.8. The highest BCUT2D eigenvalue weighted by Crippen LogP contribution is 2.35. The summed E-state index contributed by atoms with van der Waals surface area (Å²) in [5.41, 5.74) is 1.76. The molecule has 0 aliphatic heterocycles. The quantitative estimate of drug-likeness (QED) is 0.164. The lowest BCUT2D eigenvalue weighted by Gasteiger charge is -2.34. The Morgan fingerprint density at radius 2 is 1.52 bits per heavy atom. The molecule has 2 amide bonds. The molecule has 1 N–H and O–H groups in total. The summed E-state index contributed by atoms with van der Waals surface area (Å²) in [7, 11) is -4.38. The molecule has 0 fully saturated rings. The van der Waals surface area contributed by atoms with E-state index in [-0.39, 0.29) is 45.1 Å². The van der Waals surface area contributed by atoms with Crippen LogP contribution in [0.4, 0.5) is 10.1 Å². The summed E-state index contributed by atoms with van der Waals surface area (Å²) >= 11 is 12.8. The maximum atomic E-state index is 15.0. The molecule has 0 saturated carbocycles. The molecule has 0 heterocycles. The first kappa shape index (κ1) is 34.9. The third-order valence-electron chi connectivity index (χ3n) is 7.34. The van der Waals surface area contributed by atoms with Gasteiger partial charge < -0.3 is 10.2 Å². The van der Waals surface area contributed by atoms with E-state index in [1.807, 2.05) is 51.1 Å². The summed E-state index contributed by atoms with van der Waals surface area (Å²) in [6.45, 7) is 5.02. The van der Waals surface area contributed by atoms with Crippen LogP contribution in [0.1, 0.15) is 30.5 Å². The van der Waals surface area contributed by atoms with Crippen molar-refractivity contribution in [3.8, 4) is 0 Å². The van der Waals surface area contributed by atoms with E-state index in [2.05, 4.69) is 5.32 Å². The zero-order valence-electron chi connectivity index (χ0n) is 25.8. The Morgan fingerprint density at radius 1 is 0.870 bits per heavy atom. The minimum atomic E-state index is -4.38. The first-order valence-corrected chi connectivity index (χ1v) is 17.0. The summed E-state index contributed by atoms with van der Waals surface area (Å²) in [4.78, 5) is 29.5. The Bertz CT molecular complexity index is 1770. The number of amides is 2. The summed E-state index contributed by atoms with van der Waals surface area (Å²) in [5.74, 6) is -1.63. The topological polar surface area (TPSA) is 86.8 Å². The molecular formula is C35H36Cl2FN3O4S. The number of aryl methyl sites for hydroxylation is 1. The molecule has 0 radical (unpaired) electrons. The van der Waals surface area contributed by atoms with Crippen LogP contribution in [0, 0.1) is 18.7 Å². The van der Waals surface area contributed by atoms with E-state index < -0.39 is 40.2 Å². The van der Waals surface area contributed by atoms with Crippen molar-refractivity contribution in [1.82, 2.24) is 10.2 Å². The molecule has 1 unspecified atom stereocenters. The summed E-state index contributed by atoms with van der Waals surface area (Å²) in [6, 6.07) is 24.6. The number of benzene rings is 4. The molecular weight excluding hydrogens is 648 g/mol. The molecule has 0 aliphatic rings. The zero-order valence-corrected chi connectivity index (χ0v) is 28.1. The van der Waals surface area contributed by atoms with Crippen LogP contribution in [0.5, 0.6) is 0 Å². The Hall–Kier alpha value is -3.92. The minimum absolute atomic E-state index is 0.0159. The van der Waals surface area contributed by atoms with Crippen molar-refractivity contribution in [3.05, 3.63) is 130 Å². The molecule has 0 aromatic heterocycles. The molecule has 11 heteroatoms. The summed E-state index contributed by atoms with van der Waals surface area (Å²) in [5, 5.41) is 2.93. The van der Waals surface area contributed by atoms with Crippen molar-refractivity contribution in [2.24, 2.45) is 5.92 Å². The van der Waals surface area contributed by atoms with Crippen LogP contribution in [0.25, 0.3) is 0 Å². The standard InChI is InChI=1S/C35H36Cl2FN3O4S/c1-24(2)21-39-35(43)32(20-26-10-5-4-6-11-26)40(22-27-12-7-8-14-30(27)38)33(42)23-41(31-15-9-13-29(36)34(31)37)46(44,45)28-18-16-25(3)17-19-28/h4-19,24,32H,20-23H2,1-3H3,(H,39,43). The highest BCUT2D eigenvalue weighted by Gasteiger charge is 2.35. The van der Waals surface area contributed by atoms with E-state index in [0.717, 1.165) is 15.4 Å². The highest BCUT2D eigenvalue weighted by atomic mass is 35.5. The fraction of sp³-hybridized carbons (Fsp3) is 0.257. The lowest BCUT2D eigenvalue weighted by Crippen LogP contribution is -2.54. The zero-order chi connectivity index (χ0) is 33.4. The Morgan fingerprint density at radius 3 is 2.17 bits per heavy atom. The number of nitrogens with one attached hydrogen (secondary N) is 1. The van der Waals surface area contributed by atoms with Crippen molar-refractivity contribution in [1.29, 1.82) is 0 Å². The number of hydrogen-bond donors (Lipinski definition) is 1. The SMILES string of the molecule is Cc1ccc(S(=O)(=O)N(CC(=O)N(Cc2ccccc2F)C(Cc2ccccc2)C(=O)NCC(C)C)c2cccc(Cl)c2Cl)cc1. The minimum Gasteiger partial charge on any atom is -0.354 e. The number of nitrogens with zero attached hydrogens (tertiary/aromatic N) is 2. The van der Waals surface area contributed by atoms with Gasteiger partial charge in [0.1, 0.15) is 18.4 Å². The van der Waals surface area contributed by atoms with Gasteiger partial charge in [-0.1, -0.05) is 109 Å². The van der Waals surface area contributed by atoms with E-state index in [1.54, 1.807) is 18.2 Å². The normalized spacial score (nSPS) is 12.1. The number of carbonyl (C=O) groups is 2. The van der Waals surface area contributed by atoms with Gasteiger partial charge in [0.2, 0.25) is 11.8 Å². The van der Waals surface area contributed by atoms with Crippen LogP contribution in [0.2, 0.25) is 10.0 Å². The number of halogens is 3. The lowest BCUT2D eigenvalue weighted by atomic mass is 10.0. The van der Waals surface area contributed by atoms with Gasteiger partial charge in [0.25, 0.3) is 10.0 Å². The Labute approximate surface area is 280 Å². The maximum absolute atomic E-state index is 15.0. The van der Waals surface area contributed by atoms with Crippen LogP contribution in [-0.4, -0.2) is 44.3 Å². The second-order valence-corrected chi connectivity index (χ2v) is 14.0. The molecule has 4 aromatic carbocycles. The van der Waals surface area contributed by atoms with Gasteiger partial charge in [-0.3, -0.25) is 13.9 Å². The number of sulfonamides is 1. The van der Waals surface area contributed by atoms with E-state index in [0.29, 0.717) is 6.54 Å². The van der Waals surface area contributed by atoms with Gasteiger partial charge in [0.15, 0.2) is 0 Å². The molecule has 4 rings (SSSR count). The number of rotatable bonds is 13. The maximum Gasteiger partial charge on any atom is 0.264 e. The van der Waals surface area contributed by atoms with Crippen molar-refractivity contribution in [2.45, 2.75) is 44.7 Å². The van der Waals surface area contributed by atoms with Crippen LogP contribution >= 0.6 is 23.2 Å². The van der Waals surface area contributed by atoms with Gasteiger partial charge in [-0.05, 0) is 48.7 Å². The van der Waals surface area contributed by atoms with Gasteiger partial charge in [-0.25, -0.2) is 12.8 Å². The molecule has 0 bridgehead atoms. The van der Waals surface area contributed by atoms with E-state index in [4.69, 9.17) is 23.2 Å². The molecule has 0 saturated heterocycles. The van der Waals surface area contributed by atoms with Gasteiger partial charge in [0.05, 0.1) is 20.6 Å². The number of hydrogen-bond acceptors (Lipinski definition) is 4. The van der Waals surface area contributed by atoms with E-state index >= 15 is 4.39 Å². The molecule has 0 spiro atoms. The molecule has 7 nitrogen and oxygen atoms in total. The van der Waals surface area contributed by atoms with Gasteiger partial charge >= 0.3 is 0 Å². The smallest absolute Gasteiger partial charge is 0.264 e. The lowest BCUT2D eigenvalue weighted by molar-refractivity contribution is -0.140. The predicted molar refractivity (Wildman–Crippen MR) is 181 cm³/mol. The van der Waals surface area contributed by atoms with E-state index in [9.17, 15) is 18.0 Å². The third-order valence-corrected chi connectivity index (χ3v) is 9.92. The van der Waals surface area contributed by atoms with Crippen LogP contribution in [0.15, 0.2) is 102 Å². The van der Waals surface area contributed by atoms with E-state index in [1.165, 1.54) is 53.4 Å². The van der Waals surface area contributed by atoms with Crippen molar-refractivity contribution in [2.75, 3.05) is 17.4 Å². The van der Waals surface area contributed by atoms with Crippen LogP contribution in [0.3, 0.4) is 0 Å². The third kappa shape index (κ3) is 8.66. The van der Waals surface area contributed by atoms with Gasteiger partial charge in [0, 0.05) is 25.1 Å². The second-order valence-electron chi connectivity index (χ2n) is 11.4. The van der Waals surface area contributed by atoms with Crippen LogP contribution in [-0.2, 0) is 32.6 Å². The fourth-order valence-corrected chi connectivity index (χ4v) is 6.70. The Balaban J connectivity index is 1.84. The largest absolute Gasteiger partial charge is 0.354 e.